The number of carbonyl (C=O) groups excluding carboxylic acids is 1. The topological polar surface area (TPSA) is 95.1 Å². The second-order valence-corrected chi connectivity index (χ2v) is 4.06. The monoisotopic (exact) mass is 299 g/mol. The van der Waals surface area contributed by atoms with Crippen LogP contribution in [0.3, 0.4) is 0 Å². The van der Waals surface area contributed by atoms with E-state index in [-0.39, 0.29) is 24.4 Å². The molecule has 0 aromatic carbocycles. The van der Waals surface area contributed by atoms with Crippen LogP contribution in [0.15, 0.2) is 16.9 Å². The molecule has 2 N–H and O–H groups in total. The lowest BCUT2D eigenvalue weighted by Gasteiger charge is -2.05. The number of halogens is 1. The van der Waals surface area contributed by atoms with E-state index < -0.39 is 5.97 Å². The minimum Gasteiger partial charge on any atom is -0.478 e. The zero-order chi connectivity index (χ0) is 12.8. The highest BCUT2D eigenvalue weighted by atomic mass is 79.9. The first-order chi connectivity index (χ1) is 8.04. The third-order valence-corrected chi connectivity index (χ3v) is 2.65. The molecule has 0 bridgehead atoms. The summed E-state index contributed by atoms with van der Waals surface area (Å²) in [5.74, 6) is -1.32. The number of hydrogen-bond donors (Lipinski definition) is 2. The Hall–Kier alpha value is -1.81. The Bertz CT molecular complexity index is 476. The number of nitrogens with one attached hydrogen (secondary N) is 1. The van der Waals surface area contributed by atoms with Crippen LogP contribution in [0, 0.1) is 11.3 Å². The Balaban J connectivity index is 2.59. The molecule has 0 atom stereocenters. The Morgan fingerprint density at radius 2 is 2.29 bits per heavy atom. The summed E-state index contributed by atoms with van der Waals surface area (Å²) in [6.45, 7) is 0.305. The molecule has 17 heavy (non-hydrogen) atoms. The van der Waals surface area contributed by atoms with Crippen LogP contribution < -0.4 is 5.32 Å². The smallest absolute Gasteiger partial charge is 0.337 e. The fourth-order valence-electron chi connectivity index (χ4n) is 1.18. The lowest BCUT2D eigenvalue weighted by molar-refractivity contribution is -0.121. The quantitative estimate of drug-likeness (QED) is 0.792. The molecule has 90 valence electrons. The van der Waals surface area contributed by atoms with Crippen molar-refractivity contribution in [1.82, 2.24) is 9.88 Å². The molecule has 0 unspecified atom stereocenters. The van der Waals surface area contributed by atoms with Gasteiger partial charge in [-0.3, -0.25) is 4.79 Å². The summed E-state index contributed by atoms with van der Waals surface area (Å²) in [6, 6.07) is 3.33. The van der Waals surface area contributed by atoms with Crippen molar-refractivity contribution in [1.29, 1.82) is 5.26 Å². The summed E-state index contributed by atoms with van der Waals surface area (Å²) in [5, 5.41) is 19.6. The Labute approximate surface area is 106 Å². The van der Waals surface area contributed by atoms with Gasteiger partial charge in [0.15, 0.2) is 0 Å². The molecule has 0 saturated heterocycles. The molecular formula is C10H10BrN3O3. The van der Waals surface area contributed by atoms with Gasteiger partial charge in [0.1, 0.15) is 6.54 Å². The molecule has 0 aliphatic heterocycles. The molecule has 0 radical (unpaired) electrons. The van der Waals surface area contributed by atoms with E-state index in [1.807, 2.05) is 6.07 Å². The van der Waals surface area contributed by atoms with Gasteiger partial charge >= 0.3 is 5.97 Å². The lowest BCUT2D eigenvalue weighted by Crippen LogP contribution is -2.28. The number of rotatable bonds is 5. The molecule has 0 spiro atoms. The zero-order valence-electron chi connectivity index (χ0n) is 8.81. The first-order valence-electron chi connectivity index (χ1n) is 4.77. The second-order valence-electron chi connectivity index (χ2n) is 3.24. The van der Waals surface area contributed by atoms with Gasteiger partial charge in [-0.05, 0) is 22.0 Å². The first-order valence-corrected chi connectivity index (χ1v) is 5.56. The van der Waals surface area contributed by atoms with Crippen LogP contribution in [0.4, 0.5) is 0 Å². The van der Waals surface area contributed by atoms with Crippen molar-refractivity contribution in [3.05, 3.63) is 22.4 Å². The third kappa shape index (κ3) is 3.92. The average molecular weight is 300 g/mol. The summed E-state index contributed by atoms with van der Waals surface area (Å²) in [4.78, 5) is 22.1. The van der Waals surface area contributed by atoms with E-state index in [4.69, 9.17) is 10.4 Å². The summed E-state index contributed by atoms with van der Waals surface area (Å²) in [5.41, 5.74) is 0.113. The van der Waals surface area contributed by atoms with Crippen LogP contribution in [-0.4, -0.2) is 28.1 Å². The standard InChI is InChI=1S/C10H10BrN3O3/c11-8-4-7(10(16)17)5-14(8)6-9(15)13-3-1-2-12/h4-5H,1,3,6H2,(H,13,15)(H,16,17). The number of aromatic carboxylic acids is 1. The van der Waals surface area contributed by atoms with Crippen LogP contribution >= 0.6 is 15.9 Å². The number of nitriles is 1. The largest absolute Gasteiger partial charge is 0.478 e. The summed E-state index contributed by atoms with van der Waals surface area (Å²) in [6.07, 6.45) is 1.62. The molecule has 1 aromatic heterocycles. The van der Waals surface area contributed by atoms with Gasteiger partial charge in [0.05, 0.1) is 22.7 Å². The number of nitrogens with zero attached hydrogens (tertiary/aromatic N) is 2. The molecule has 1 amide bonds. The van der Waals surface area contributed by atoms with Gasteiger partial charge < -0.3 is 15.0 Å². The summed E-state index contributed by atoms with van der Waals surface area (Å²) >= 11 is 3.16. The van der Waals surface area contributed by atoms with Crippen LogP contribution in [0.2, 0.25) is 0 Å². The second kappa shape index (κ2) is 6.06. The van der Waals surface area contributed by atoms with Crippen molar-refractivity contribution >= 4 is 27.8 Å². The van der Waals surface area contributed by atoms with Gasteiger partial charge in [0, 0.05) is 12.7 Å². The molecule has 7 heteroatoms. The van der Waals surface area contributed by atoms with E-state index in [2.05, 4.69) is 21.2 Å². The lowest BCUT2D eigenvalue weighted by atomic mass is 10.4. The average Bonchev–Trinajstić information content (AvgIpc) is 2.61. The fourth-order valence-corrected chi connectivity index (χ4v) is 1.66. The normalized spacial score (nSPS) is 9.65. The number of carboxylic acid groups (broad SMARTS) is 1. The summed E-state index contributed by atoms with van der Waals surface area (Å²) in [7, 11) is 0. The van der Waals surface area contributed by atoms with Gasteiger partial charge in [-0.15, -0.1) is 0 Å². The molecular weight excluding hydrogens is 290 g/mol. The highest BCUT2D eigenvalue weighted by molar-refractivity contribution is 9.10. The fraction of sp³-hybridized carbons (Fsp3) is 0.300. The van der Waals surface area contributed by atoms with Crippen LogP contribution in [-0.2, 0) is 11.3 Å². The van der Waals surface area contributed by atoms with E-state index in [9.17, 15) is 9.59 Å². The zero-order valence-corrected chi connectivity index (χ0v) is 10.4. The number of carboxylic acids is 1. The highest BCUT2D eigenvalue weighted by Gasteiger charge is 2.11. The van der Waals surface area contributed by atoms with Gasteiger partial charge in [-0.25, -0.2) is 4.79 Å². The molecule has 1 rings (SSSR count). The molecule has 0 saturated carbocycles. The minimum absolute atomic E-state index is 0.0132. The Kier molecular flexibility index (Phi) is 4.72. The first kappa shape index (κ1) is 13.3. The van der Waals surface area contributed by atoms with Gasteiger partial charge in [-0.1, -0.05) is 0 Å². The van der Waals surface area contributed by atoms with Gasteiger partial charge in [-0.2, -0.15) is 5.26 Å². The van der Waals surface area contributed by atoms with Crippen LogP contribution in [0.25, 0.3) is 0 Å². The molecule has 6 nitrogen and oxygen atoms in total. The van der Waals surface area contributed by atoms with Crippen molar-refractivity contribution in [3.63, 3.8) is 0 Å². The number of aromatic nitrogens is 1. The summed E-state index contributed by atoms with van der Waals surface area (Å²) < 4.78 is 2.00. The maximum atomic E-state index is 11.4. The van der Waals surface area contributed by atoms with Gasteiger partial charge in [0.25, 0.3) is 0 Å². The minimum atomic E-state index is -1.05. The Morgan fingerprint density at radius 1 is 1.59 bits per heavy atom. The number of amides is 1. The number of hydrogen-bond acceptors (Lipinski definition) is 3. The predicted octanol–water partition coefficient (Wildman–Crippen LogP) is 0.979. The van der Waals surface area contributed by atoms with E-state index in [1.54, 1.807) is 0 Å². The van der Waals surface area contributed by atoms with Crippen LogP contribution in [0.5, 0.6) is 0 Å². The molecule has 0 fully saturated rings. The van der Waals surface area contributed by atoms with E-state index in [0.717, 1.165) is 0 Å². The molecule has 0 aliphatic carbocycles. The van der Waals surface area contributed by atoms with E-state index >= 15 is 0 Å². The van der Waals surface area contributed by atoms with Crippen LogP contribution in [0.1, 0.15) is 16.8 Å². The SMILES string of the molecule is N#CCCNC(=O)Cn1cc(C(=O)O)cc1Br. The van der Waals surface area contributed by atoms with E-state index in [1.165, 1.54) is 16.8 Å². The number of carbonyl (C=O) groups is 2. The van der Waals surface area contributed by atoms with Crippen molar-refractivity contribution in [2.45, 2.75) is 13.0 Å². The van der Waals surface area contributed by atoms with Crippen molar-refractivity contribution in [3.8, 4) is 6.07 Å². The maximum Gasteiger partial charge on any atom is 0.337 e. The molecule has 0 aliphatic rings. The predicted molar refractivity (Wildman–Crippen MR) is 62.3 cm³/mol. The van der Waals surface area contributed by atoms with Crippen molar-refractivity contribution < 1.29 is 14.7 Å². The van der Waals surface area contributed by atoms with E-state index in [0.29, 0.717) is 11.1 Å². The van der Waals surface area contributed by atoms with Crippen molar-refractivity contribution in [2.24, 2.45) is 0 Å². The Morgan fingerprint density at radius 3 is 2.82 bits per heavy atom. The highest BCUT2D eigenvalue weighted by Crippen LogP contribution is 2.15. The van der Waals surface area contributed by atoms with Gasteiger partial charge in [0.2, 0.25) is 5.91 Å². The molecule has 1 heterocycles. The maximum absolute atomic E-state index is 11.4. The third-order valence-electron chi connectivity index (χ3n) is 1.96. The molecule has 1 aromatic rings. The van der Waals surface area contributed by atoms with Crippen molar-refractivity contribution in [2.75, 3.05) is 6.54 Å².